The van der Waals surface area contributed by atoms with Crippen LogP contribution in [0.5, 0.6) is 0 Å². The van der Waals surface area contributed by atoms with Crippen molar-refractivity contribution in [3.8, 4) is 0 Å². The first-order chi connectivity index (χ1) is 10.2. The lowest BCUT2D eigenvalue weighted by Crippen LogP contribution is -2.44. The van der Waals surface area contributed by atoms with E-state index in [1.165, 1.54) is 32.2 Å². The van der Waals surface area contributed by atoms with Crippen molar-refractivity contribution in [1.82, 2.24) is 14.9 Å². The maximum absolute atomic E-state index is 11.6. The summed E-state index contributed by atoms with van der Waals surface area (Å²) in [6.45, 7) is 1.21. The number of imidazole rings is 1. The topological polar surface area (TPSA) is 75.0 Å². The number of para-hydroxylation sites is 1. The fourth-order valence-corrected chi connectivity index (χ4v) is 4.38. The predicted octanol–water partition coefficient (Wildman–Crippen LogP) is 1.75. The highest BCUT2D eigenvalue weighted by Crippen LogP contribution is 2.59. The molecule has 0 atom stereocenters. The lowest BCUT2D eigenvalue weighted by Gasteiger charge is -2.40. The number of primary amides is 1. The van der Waals surface area contributed by atoms with E-state index in [1.54, 1.807) is 6.07 Å². The lowest BCUT2D eigenvalue weighted by molar-refractivity contribution is 0.0905. The number of benzene rings is 1. The van der Waals surface area contributed by atoms with Crippen LogP contribution in [-0.2, 0) is 5.54 Å². The summed E-state index contributed by atoms with van der Waals surface area (Å²) >= 11 is 0. The van der Waals surface area contributed by atoms with Crippen LogP contribution in [0.2, 0.25) is 0 Å². The molecule has 0 unspecified atom stereocenters. The number of rotatable bonds is 3. The highest BCUT2D eigenvalue weighted by Gasteiger charge is 2.61. The molecule has 4 aliphatic rings. The Bertz CT molecular complexity index is 755. The third kappa shape index (κ3) is 1.44. The predicted molar refractivity (Wildman–Crippen MR) is 78.7 cm³/mol. The smallest absolute Gasteiger partial charge is 0.250 e. The molecule has 1 aromatic heterocycles. The van der Waals surface area contributed by atoms with Crippen LogP contribution in [0, 0.1) is 5.92 Å². The van der Waals surface area contributed by atoms with E-state index in [0.717, 1.165) is 28.8 Å². The van der Waals surface area contributed by atoms with Gasteiger partial charge < -0.3 is 10.7 Å². The van der Waals surface area contributed by atoms with Gasteiger partial charge in [0.2, 0.25) is 0 Å². The van der Waals surface area contributed by atoms with Gasteiger partial charge in [0.05, 0.1) is 16.6 Å². The van der Waals surface area contributed by atoms with Crippen LogP contribution in [0.15, 0.2) is 18.2 Å². The minimum Gasteiger partial charge on any atom is -0.366 e. The lowest BCUT2D eigenvalue weighted by atomic mass is 9.72. The maximum atomic E-state index is 11.6. The first-order valence-electron chi connectivity index (χ1n) is 7.73. The Balaban J connectivity index is 1.65. The van der Waals surface area contributed by atoms with Crippen molar-refractivity contribution in [1.29, 1.82) is 0 Å². The molecular formula is C16H18N4O. The Morgan fingerprint density at radius 2 is 2.19 bits per heavy atom. The second-order valence-corrected chi connectivity index (χ2v) is 6.84. The highest BCUT2D eigenvalue weighted by atomic mass is 16.1. The van der Waals surface area contributed by atoms with Crippen molar-refractivity contribution in [3.05, 3.63) is 29.6 Å². The average Bonchev–Trinajstić information content (AvgIpc) is 2.93. The molecule has 0 radical (unpaired) electrons. The fourth-order valence-electron chi connectivity index (χ4n) is 4.38. The van der Waals surface area contributed by atoms with Crippen molar-refractivity contribution in [2.24, 2.45) is 11.7 Å². The first-order valence-corrected chi connectivity index (χ1v) is 7.73. The van der Waals surface area contributed by atoms with Crippen LogP contribution in [0.25, 0.3) is 11.0 Å². The van der Waals surface area contributed by atoms with E-state index in [0.29, 0.717) is 5.56 Å². The highest BCUT2D eigenvalue weighted by molar-refractivity contribution is 6.04. The van der Waals surface area contributed by atoms with Crippen molar-refractivity contribution in [2.45, 2.75) is 37.3 Å². The molecule has 108 valence electrons. The zero-order valence-corrected chi connectivity index (χ0v) is 11.8. The van der Waals surface area contributed by atoms with Crippen molar-refractivity contribution in [3.63, 3.8) is 0 Å². The van der Waals surface area contributed by atoms with E-state index in [-0.39, 0.29) is 5.54 Å². The molecule has 2 saturated carbocycles. The number of aromatic nitrogens is 2. The molecule has 3 heterocycles. The molecule has 0 spiro atoms. The summed E-state index contributed by atoms with van der Waals surface area (Å²) < 4.78 is 0. The molecule has 2 saturated heterocycles. The Morgan fingerprint density at radius 3 is 2.90 bits per heavy atom. The second-order valence-electron chi connectivity index (χ2n) is 6.84. The number of nitrogens with one attached hydrogen (secondary N) is 1. The number of hydrogen-bond acceptors (Lipinski definition) is 3. The Labute approximate surface area is 122 Å². The monoisotopic (exact) mass is 282 g/mol. The number of fused-ring (bicyclic) bond motifs is 2. The van der Waals surface area contributed by atoms with Gasteiger partial charge in [0, 0.05) is 12.6 Å². The third-order valence-electron chi connectivity index (χ3n) is 5.46. The summed E-state index contributed by atoms with van der Waals surface area (Å²) in [5.41, 5.74) is 7.72. The van der Waals surface area contributed by atoms with E-state index in [4.69, 9.17) is 10.7 Å². The van der Waals surface area contributed by atoms with E-state index < -0.39 is 5.91 Å². The first kappa shape index (κ1) is 11.7. The molecule has 1 amide bonds. The summed E-state index contributed by atoms with van der Waals surface area (Å²) in [7, 11) is 0. The van der Waals surface area contributed by atoms with Gasteiger partial charge in [-0.05, 0) is 43.7 Å². The SMILES string of the molecule is NC(=O)c1cccc2[nH]c(C34CC(CN3C3CC3)C4)nc12. The molecule has 1 aromatic carbocycles. The summed E-state index contributed by atoms with van der Waals surface area (Å²) in [6, 6.07) is 6.34. The second kappa shape index (κ2) is 3.65. The molecule has 5 nitrogen and oxygen atoms in total. The average molecular weight is 282 g/mol. The zero-order chi connectivity index (χ0) is 14.2. The van der Waals surface area contributed by atoms with Gasteiger partial charge in [-0.25, -0.2) is 4.98 Å². The van der Waals surface area contributed by atoms with Crippen LogP contribution in [0.4, 0.5) is 0 Å². The molecule has 2 aliphatic carbocycles. The van der Waals surface area contributed by atoms with E-state index in [9.17, 15) is 4.79 Å². The Hall–Kier alpha value is -1.88. The number of amides is 1. The van der Waals surface area contributed by atoms with Crippen molar-refractivity contribution >= 4 is 16.9 Å². The molecule has 4 fully saturated rings. The number of hydrogen-bond donors (Lipinski definition) is 2. The largest absolute Gasteiger partial charge is 0.366 e. The van der Waals surface area contributed by atoms with Crippen LogP contribution >= 0.6 is 0 Å². The minimum absolute atomic E-state index is 0.0970. The Kier molecular flexibility index (Phi) is 2.04. The quantitative estimate of drug-likeness (QED) is 0.900. The van der Waals surface area contributed by atoms with Crippen LogP contribution in [0.1, 0.15) is 41.9 Å². The molecular weight excluding hydrogens is 264 g/mol. The van der Waals surface area contributed by atoms with Gasteiger partial charge in [0.25, 0.3) is 5.91 Å². The van der Waals surface area contributed by atoms with Gasteiger partial charge in [-0.15, -0.1) is 0 Å². The van der Waals surface area contributed by atoms with E-state index in [2.05, 4.69) is 9.88 Å². The number of carbonyl (C=O) groups is 1. The normalized spacial score (nSPS) is 31.5. The van der Waals surface area contributed by atoms with Crippen LogP contribution in [-0.4, -0.2) is 33.4 Å². The van der Waals surface area contributed by atoms with Crippen molar-refractivity contribution < 1.29 is 4.79 Å². The summed E-state index contributed by atoms with van der Waals surface area (Å²) in [5, 5.41) is 0. The summed E-state index contributed by atoms with van der Waals surface area (Å²) in [4.78, 5) is 22.5. The zero-order valence-electron chi connectivity index (χ0n) is 11.8. The summed E-state index contributed by atoms with van der Waals surface area (Å²) in [6.07, 6.45) is 5.05. The molecule has 3 N–H and O–H groups in total. The van der Waals surface area contributed by atoms with Gasteiger partial charge >= 0.3 is 0 Å². The van der Waals surface area contributed by atoms with Crippen LogP contribution in [0.3, 0.4) is 0 Å². The Morgan fingerprint density at radius 1 is 1.38 bits per heavy atom. The standard InChI is InChI=1S/C16H18N4O/c17-14(21)11-2-1-3-12-13(11)19-15(18-12)16-6-9(7-16)8-20(16)10-4-5-10/h1-3,9-10H,4-8H2,(H2,17,21)(H,18,19). The number of carbonyl (C=O) groups excluding carboxylic acids is 1. The van der Waals surface area contributed by atoms with Crippen LogP contribution < -0.4 is 5.73 Å². The molecule has 5 heteroatoms. The number of nitrogens with zero attached hydrogens (tertiary/aromatic N) is 2. The van der Waals surface area contributed by atoms with Gasteiger partial charge in [0.15, 0.2) is 0 Å². The summed E-state index contributed by atoms with van der Waals surface area (Å²) in [5.74, 6) is 1.45. The van der Waals surface area contributed by atoms with Gasteiger partial charge in [-0.1, -0.05) is 6.07 Å². The number of aromatic amines is 1. The maximum Gasteiger partial charge on any atom is 0.250 e. The molecule has 2 bridgehead atoms. The van der Waals surface area contributed by atoms with Gasteiger partial charge in [-0.3, -0.25) is 9.69 Å². The van der Waals surface area contributed by atoms with Crippen molar-refractivity contribution in [2.75, 3.05) is 6.54 Å². The van der Waals surface area contributed by atoms with E-state index >= 15 is 0 Å². The molecule has 21 heavy (non-hydrogen) atoms. The van der Waals surface area contributed by atoms with Gasteiger partial charge in [0.1, 0.15) is 11.3 Å². The van der Waals surface area contributed by atoms with Gasteiger partial charge in [-0.2, -0.15) is 0 Å². The number of H-pyrrole nitrogens is 1. The molecule has 2 aromatic rings. The number of nitrogens with two attached hydrogens (primary N) is 1. The third-order valence-corrected chi connectivity index (χ3v) is 5.46. The van der Waals surface area contributed by atoms with E-state index in [1.807, 2.05) is 12.1 Å². The fraction of sp³-hybridized carbons (Fsp3) is 0.500. The minimum atomic E-state index is -0.409. The molecule has 2 aliphatic heterocycles. The molecule has 6 rings (SSSR count).